The lowest BCUT2D eigenvalue weighted by atomic mass is 9.96. The largest absolute Gasteiger partial charge is 0.343 e. The van der Waals surface area contributed by atoms with Crippen molar-refractivity contribution in [3.8, 4) is 6.07 Å². The first-order valence-electron chi connectivity index (χ1n) is 10.2. The second kappa shape index (κ2) is 8.41. The minimum absolute atomic E-state index is 0.126. The van der Waals surface area contributed by atoms with Gasteiger partial charge in [-0.25, -0.2) is 4.98 Å². The molecule has 7 heteroatoms. The number of aryl methyl sites for hydroxylation is 1. The number of carbonyl (C=O) groups excluding carboxylic acids is 1. The van der Waals surface area contributed by atoms with E-state index in [9.17, 15) is 14.9 Å². The molecule has 154 valence electrons. The Morgan fingerprint density at radius 3 is 2.73 bits per heavy atom. The standard InChI is InChI=1S/C23H24N4O2S/c1-14-17(15(2)25-22(29)18(14)13-24)7-8-21(28)27-11-9-16(10-12-27)23-26-19-5-3-4-6-20(19)30-23/h3-6,16H,7-12H2,1-2H3,(H,25,29). The molecule has 3 aromatic rings. The number of pyridine rings is 1. The highest BCUT2D eigenvalue weighted by Gasteiger charge is 2.26. The molecule has 2 aromatic heterocycles. The van der Waals surface area contributed by atoms with Crippen LogP contribution in [0.15, 0.2) is 29.1 Å². The third-order valence-corrected chi connectivity index (χ3v) is 7.22. The number of piperidine rings is 1. The van der Waals surface area contributed by atoms with E-state index in [0.29, 0.717) is 24.3 Å². The maximum absolute atomic E-state index is 12.8. The molecule has 0 spiro atoms. The maximum atomic E-state index is 12.8. The summed E-state index contributed by atoms with van der Waals surface area (Å²) in [6.07, 6.45) is 2.77. The average Bonchev–Trinajstić information content (AvgIpc) is 3.18. The van der Waals surface area contributed by atoms with Crippen LogP contribution in [0.2, 0.25) is 0 Å². The SMILES string of the molecule is Cc1[nH]c(=O)c(C#N)c(C)c1CCC(=O)N1CCC(c2nc3ccccc3s2)CC1. The molecular weight excluding hydrogens is 396 g/mol. The Bertz CT molecular complexity index is 1160. The van der Waals surface area contributed by atoms with Crippen molar-refractivity contribution in [3.05, 3.63) is 62.0 Å². The first-order valence-corrected chi connectivity index (χ1v) is 11.0. The van der Waals surface area contributed by atoms with Gasteiger partial charge in [0.15, 0.2) is 0 Å². The summed E-state index contributed by atoms with van der Waals surface area (Å²) in [6.45, 7) is 5.09. The third kappa shape index (κ3) is 3.88. The number of carbonyl (C=O) groups is 1. The monoisotopic (exact) mass is 420 g/mol. The van der Waals surface area contributed by atoms with E-state index < -0.39 is 0 Å². The smallest absolute Gasteiger partial charge is 0.266 e. The Kier molecular flexibility index (Phi) is 5.69. The van der Waals surface area contributed by atoms with E-state index in [0.717, 1.165) is 42.7 Å². The second-order valence-electron chi connectivity index (χ2n) is 7.84. The molecular formula is C23H24N4O2S. The summed E-state index contributed by atoms with van der Waals surface area (Å²) < 4.78 is 1.22. The highest BCUT2D eigenvalue weighted by molar-refractivity contribution is 7.18. The third-order valence-electron chi connectivity index (χ3n) is 6.02. The number of aromatic amines is 1. The summed E-state index contributed by atoms with van der Waals surface area (Å²) in [5.74, 6) is 0.537. The van der Waals surface area contributed by atoms with Crippen molar-refractivity contribution in [3.63, 3.8) is 0 Å². The van der Waals surface area contributed by atoms with E-state index >= 15 is 0 Å². The fourth-order valence-electron chi connectivity index (χ4n) is 4.25. The number of nitriles is 1. The Hall–Kier alpha value is -2.98. The minimum Gasteiger partial charge on any atom is -0.343 e. The van der Waals surface area contributed by atoms with Crippen LogP contribution in [-0.2, 0) is 11.2 Å². The van der Waals surface area contributed by atoms with Gasteiger partial charge in [-0.1, -0.05) is 12.1 Å². The van der Waals surface area contributed by atoms with Gasteiger partial charge in [0.1, 0.15) is 11.6 Å². The number of rotatable bonds is 4. The molecule has 6 nitrogen and oxygen atoms in total. The van der Waals surface area contributed by atoms with Gasteiger partial charge in [0.25, 0.3) is 5.56 Å². The molecule has 0 aliphatic carbocycles. The predicted molar refractivity (Wildman–Crippen MR) is 118 cm³/mol. The molecule has 0 unspecified atom stereocenters. The second-order valence-corrected chi connectivity index (χ2v) is 8.91. The number of nitrogens with one attached hydrogen (secondary N) is 1. The molecule has 0 atom stereocenters. The fraction of sp³-hybridized carbons (Fsp3) is 0.391. The summed E-state index contributed by atoms with van der Waals surface area (Å²) in [5.41, 5.74) is 3.14. The number of benzene rings is 1. The number of amides is 1. The molecule has 3 heterocycles. The highest BCUT2D eigenvalue weighted by Crippen LogP contribution is 2.34. The van der Waals surface area contributed by atoms with Gasteiger partial charge in [0.05, 0.1) is 15.2 Å². The molecule has 1 N–H and O–H groups in total. The number of hydrogen-bond acceptors (Lipinski definition) is 5. The highest BCUT2D eigenvalue weighted by atomic mass is 32.1. The Labute approximate surface area is 179 Å². The van der Waals surface area contributed by atoms with E-state index in [1.165, 1.54) is 9.71 Å². The quantitative estimate of drug-likeness (QED) is 0.695. The summed E-state index contributed by atoms with van der Waals surface area (Å²) >= 11 is 1.76. The zero-order valence-electron chi connectivity index (χ0n) is 17.2. The molecule has 1 amide bonds. The Morgan fingerprint density at radius 1 is 1.30 bits per heavy atom. The lowest BCUT2D eigenvalue weighted by Gasteiger charge is -2.31. The molecule has 1 aliphatic heterocycles. The van der Waals surface area contributed by atoms with Crippen LogP contribution in [0.25, 0.3) is 10.2 Å². The Morgan fingerprint density at radius 2 is 2.03 bits per heavy atom. The predicted octanol–water partition coefficient (Wildman–Crippen LogP) is 3.81. The van der Waals surface area contributed by atoms with Crippen LogP contribution in [-0.4, -0.2) is 33.9 Å². The van der Waals surface area contributed by atoms with Crippen LogP contribution in [0.1, 0.15) is 52.6 Å². The van der Waals surface area contributed by atoms with Crippen LogP contribution in [0.4, 0.5) is 0 Å². The maximum Gasteiger partial charge on any atom is 0.266 e. The minimum atomic E-state index is -0.362. The summed E-state index contributed by atoms with van der Waals surface area (Å²) in [5, 5.41) is 10.4. The molecule has 1 aliphatic rings. The number of likely N-dealkylation sites (tertiary alicyclic amines) is 1. The van der Waals surface area contributed by atoms with Gasteiger partial charge >= 0.3 is 0 Å². The van der Waals surface area contributed by atoms with E-state index in [1.54, 1.807) is 18.3 Å². The molecule has 4 rings (SSSR count). The van der Waals surface area contributed by atoms with Crippen LogP contribution in [0.5, 0.6) is 0 Å². The normalized spacial score (nSPS) is 14.8. The molecule has 1 aromatic carbocycles. The number of nitrogens with zero attached hydrogens (tertiary/aromatic N) is 3. The van der Waals surface area contributed by atoms with Crippen molar-refractivity contribution < 1.29 is 4.79 Å². The fourth-order valence-corrected chi connectivity index (χ4v) is 5.39. The first-order chi connectivity index (χ1) is 14.5. The zero-order chi connectivity index (χ0) is 21.3. The number of fused-ring (bicyclic) bond motifs is 1. The van der Waals surface area contributed by atoms with Gasteiger partial charge < -0.3 is 9.88 Å². The molecule has 0 radical (unpaired) electrons. The number of para-hydroxylation sites is 1. The van der Waals surface area contributed by atoms with Crippen LogP contribution >= 0.6 is 11.3 Å². The van der Waals surface area contributed by atoms with Gasteiger partial charge in [0, 0.05) is 31.1 Å². The molecule has 1 saturated heterocycles. The van der Waals surface area contributed by atoms with E-state index in [1.807, 2.05) is 36.1 Å². The van der Waals surface area contributed by atoms with Gasteiger partial charge in [-0.3, -0.25) is 9.59 Å². The van der Waals surface area contributed by atoms with Gasteiger partial charge in [-0.15, -0.1) is 11.3 Å². The molecule has 0 bridgehead atoms. The van der Waals surface area contributed by atoms with Crippen molar-refractivity contribution in [2.45, 2.75) is 45.4 Å². The topological polar surface area (TPSA) is 89.8 Å². The van der Waals surface area contributed by atoms with Crippen molar-refractivity contribution >= 4 is 27.5 Å². The lowest BCUT2D eigenvalue weighted by molar-refractivity contribution is -0.132. The Balaban J connectivity index is 1.37. The molecule has 0 saturated carbocycles. The summed E-state index contributed by atoms with van der Waals surface area (Å²) in [4.78, 5) is 34.1. The molecule has 30 heavy (non-hydrogen) atoms. The van der Waals surface area contributed by atoms with Crippen molar-refractivity contribution in [1.82, 2.24) is 14.9 Å². The van der Waals surface area contributed by atoms with Crippen molar-refractivity contribution in [1.29, 1.82) is 5.26 Å². The van der Waals surface area contributed by atoms with E-state index in [4.69, 9.17) is 4.98 Å². The number of H-pyrrole nitrogens is 1. The molecule has 1 fully saturated rings. The van der Waals surface area contributed by atoms with Crippen molar-refractivity contribution in [2.24, 2.45) is 0 Å². The summed E-state index contributed by atoms with van der Waals surface area (Å²) in [7, 11) is 0. The van der Waals surface area contributed by atoms with Crippen LogP contribution < -0.4 is 5.56 Å². The van der Waals surface area contributed by atoms with E-state index in [2.05, 4.69) is 11.1 Å². The van der Waals surface area contributed by atoms with Gasteiger partial charge in [-0.05, 0) is 56.4 Å². The number of thiazole rings is 1. The first kappa shape index (κ1) is 20.3. The average molecular weight is 421 g/mol. The zero-order valence-corrected chi connectivity index (χ0v) is 18.0. The number of hydrogen-bond donors (Lipinski definition) is 1. The van der Waals surface area contributed by atoms with E-state index in [-0.39, 0.29) is 17.0 Å². The number of aromatic nitrogens is 2. The van der Waals surface area contributed by atoms with Crippen molar-refractivity contribution in [2.75, 3.05) is 13.1 Å². The van der Waals surface area contributed by atoms with Gasteiger partial charge in [0.2, 0.25) is 5.91 Å². The van der Waals surface area contributed by atoms with Crippen LogP contribution in [0.3, 0.4) is 0 Å². The van der Waals surface area contributed by atoms with Crippen LogP contribution in [0, 0.1) is 25.2 Å². The lowest BCUT2D eigenvalue weighted by Crippen LogP contribution is -2.38. The summed E-state index contributed by atoms with van der Waals surface area (Å²) in [6, 6.07) is 10.2. The van der Waals surface area contributed by atoms with Gasteiger partial charge in [-0.2, -0.15) is 5.26 Å².